The van der Waals surface area contributed by atoms with Gasteiger partial charge in [0.15, 0.2) is 7.14 Å². The van der Waals surface area contributed by atoms with Crippen molar-refractivity contribution in [3.63, 3.8) is 0 Å². The van der Waals surface area contributed by atoms with E-state index in [0.717, 1.165) is 16.7 Å². The molecule has 5 aromatic rings. The summed E-state index contributed by atoms with van der Waals surface area (Å²) in [6, 6.07) is 47.5. The van der Waals surface area contributed by atoms with Crippen molar-refractivity contribution >= 4 is 10.1 Å². The van der Waals surface area contributed by atoms with E-state index in [1.54, 1.807) is 12.1 Å². The highest BCUT2D eigenvalue weighted by Crippen LogP contribution is 2.32. The maximum Gasteiger partial charge on any atom is 0.357 e. The lowest BCUT2D eigenvalue weighted by atomic mass is 9.85. The van der Waals surface area contributed by atoms with Crippen molar-refractivity contribution in [3.05, 3.63) is 169 Å². The first-order chi connectivity index (χ1) is 17.5. The standard InChI is InChI=1S/C19H16O3S.C12H10I/c20-23(21,22)18-13-11-17(12-14-18)19(15-7-3-1-4-8-15)16-9-5-2-6-10-16;1-3-7-11(8-4-1)13-12-9-5-2-6-10-12/h1-14,19H,(H,20,21,22);1-10H/q;+1/p-1. The van der Waals surface area contributed by atoms with Crippen molar-refractivity contribution in [1.29, 1.82) is 0 Å². The quantitative estimate of drug-likeness (QED) is 0.169. The van der Waals surface area contributed by atoms with Gasteiger partial charge in [0, 0.05) is 5.92 Å². The fourth-order valence-electron chi connectivity index (χ4n) is 3.78. The molecule has 0 N–H and O–H groups in total. The topological polar surface area (TPSA) is 57.2 Å². The van der Waals surface area contributed by atoms with Gasteiger partial charge in [-0.05, 0) is 53.1 Å². The molecule has 0 unspecified atom stereocenters. The highest BCUT2D eigenvalue weighted by molar-refractivity contribution is 7.85. The first-order valence-electron chi connectivity index (χ1n) is 11.4. The zero-order chi connectivity index (χ0) is 25.2. The lowest BCUT2D eigenvalue weighted by molar-refractivity contribution is -0.597. The molecule has 180 valence electrons. The Kier molecular flexibility index (Phi) is 9.06. The highest BCUT2D eigenvalue weighted by Gasteiger charge is 2.16. The van der Waals surface area contributed by atoms with Gasteiger partial charge in [-0.1, -0.05) is 109 Å². The van der Waals surface area contributed by atoms with Gasteiger partial charge in [-0.25, -0.2) is 8.42 Å². The van der Waals surface area contributed by atoms with E-state index in [-0.39, 0.29) is 32.0 Å². The van der Waals surface area contributed by atoms with Gasteiger partial charge in [0.05, 0.1) is 4.90 Å². The third-order valence-corrected chi connectivity index (χ3v) is 8.99. The summed E-state index contributed by atoms with van der Waals surface area (Å²) >= 11 is 0.0287. The summed E-state index contributed by atoms with van der Waals surface area (Å²) in [5, 5.41) is 0. The van der Waals surface area contributed by atoms with Crippen LogP contribution in [0.15, 0.2) is 150 Å². The maximum atomic E-state index is 11.1. The predicted octanol–water partition coefficient (Wildman–Crippen LogP) is 3.59. The molecule has 0 atom stereocenters. The summed E-state index contributed by atoms with van der Waals surface area (Å²) in [5.74, 6) is -0.0131. The van der Waals surface area contributed by atoms with Crippen LogP contribution in [-0.2, 0) is 10.1 Å². The summed E-state index contributed by atoms with van der Waals surface area (Å²) in [5.41, 5.74) is 3.16. The van der Waals surface area contributed by atoms with Gasteiger partial charge in [0.25, 0.3) is 0 Å². The Morgan fingerprint density at radius 1 is 0.472 bits per heavy atom. The molecular formula is C31H25IO3S. The van der Waals surface area contributed by atoms with Crippen LogP contribution in [0.25, 0.3) is 0 Å². The predicted molar refractivity (Wildman–Crippen MR) is 139 cm³/mol. The van der Waals surface area contributed by atoms with Gasteiger partial charge in [0.2, 0.25) is 0 Å². The second-order valence-corrected chi connectivity index (χ2v) is 12.4. The first-order valence-corrected chi connectivity index (χ1v) is 15.0. The molecule has 36 heavy (non-hydrogen) atoms. The molecule has 0 aliphatic carbocycles. The number of rotatable bonds is 6. The van der Waals surface area contributed by atoms with Crippen molar-refractivity contribution < 1.29 is 34.2 Å². The van der Waals surface area contributed by atoms with E-state index in [0.29, 0.717) is 0 Å². The van der Waals surface area contributed by atoms with Crippen molar-refractivity contribution in [2.75, 3.05) is 0 Å². The Morgan fingerprint density at radius 2 is 0.806 bits per heavy atom. The molecule has 5 heteroatoms. The second-order valence-electron chi connectivity index (χ2n) is 7.96. The van der Waals surface area contributed by atoms with Crippen LogP contribution in [0.3, 0.4) is 0 Å². The molecular weight excluding hydrogens is 579 g/mol. The fourth-order valence-corrected chi connectivity index (χ4v) is 6.51. The Bertz CT molecular complexity index is 1360. The minimum absolute atomic E-state index is 0.0131. The van der Waals surface area contributed by atoms with Crippen molar-refractivity contribution in [2.45, 2.75) is 10.8 Å². The van der Waals surface area contributed by atoms with Crippen LogP contribution in [0.4, 0.5) is 0 Å². The van der Waals surface area contributed by atoms with Crippen molar-refractivity contribution in [2.24, 2.45) is 0 Å². The molecule has 5 aromatic carbocycles. The van der Waals surface area contributed by atoms with Crippen molar-refractivity contribution in [3.8, 4) is 0 Å². The fraction of sp³-hybridized carbons (Fsp3) is 0.0323. The van der Waals surface area contributed by atoms with Gasteiger partial charge in [-0.3, -0.25) is 0 Å². The SMILES string of the molecule is O=S(=O)([O-])c1ccc(C(c2ccccc2)c2ccccc2)cc1.c1ccc([I+]c2ccccc2)cc1. The average molecular weight is 605 g/mol. The van der Waals surface area contributed by atoms with Crippen LogP contribution < -0.4 is 21.2 Å². The number of halogens is 1. The van der Waals surface area contributed by atoms with Crippen LogP contribution in [-0.4, -0.2) is 13.0 Å². The van der Waals surface area contributed by atoms with Gasteiger partial charge >= 0.3 is 21.2 Å². The molecule has 0 spiro atoms. The van der Waals surface area contributed by atoms with Crippen molar-refractivity contribution in [1.82, 2.24) is 0 Å². The molecule has 0 saturated carbocycles. The number of hydrogen-bond acceptors (Lipinski definition) is 3. The van der Waals surface area contributed by atoms with E-state index < -0.39 is 10.1 Å². The second kappa shape index (κ2) is 12.6. The maximum absolute atomic E-state index is 11.1. The Hall–Kier alpha value is -3.26. The number of benzene rings is 5. The van der Waals surface area contributed by atoms with Gasteiger partial charge in [-0.15, -0.1) is 0 Å². The van der Waals surface area contributed by atoms with Crippen LogP contribution in [0.5, 0.6) is 0 Å². The average Bonchev–Trinajstić information content (AvgIpc) is 2.92. The molecule has 0 radical (unpaired) electrons. The monoisotopic (exact) mass is 604 g/mol. The van der Waals surface area contributed by atoms with E-state index in [1.807, 2.05) is 60.7 Å². The molecule has 0 aliphatic heterocycles. The first kappa shape index (κ1) is 25.8. The summed E-state index contributed by atoms with van der Waals surface area (Å²) in [7, 11) is -4.42. The smallest absolute Gasteiger partial charge is 0.357 e. The summed E-state index contributed by atoms with van der Waals surface area (Å²) in [6.07, 6.45) is 0. The highest BCUT2D eigenvalue weighted by atomic mass is 127. The van der Waals surface area contributed by atoms with Crippen LogP contribution in [0, 0.1) is 7.14 Å². The van der Waals surface area contributed by atoms with E-state index in [2.05, 4.69) is 60.7 Å². The third kappa shape index (κ3) is 7.37. The zero-order valence-electron chi connectivity index (χ0n) is 19.4. The van der Waals surface area contributed by atoms with Crippen LogP contribution in [0.2, 0.25) is 0 Å². The molecule has 0 amide bonds. The van der Waals surface area contributed by atoms with Crippen LogP contribution >= 0.6 is 0 Å². The molecule has 3 nitrogen and oxygen atoms in total. The summed E-state index contributed by atoms with van der Waals surface area (Å²) < 4.78 is 36.3. The van der Waals surface area contributed by atoms with E-state index in [4.69, 9.17) is 0 Å². The molecule has 0 bridgehead atoms. The number of hydrogen-bond donors (Lipinski definition) is 0. The zero-order valence-corrected chi connectivity index (χ0v) is 22.4. The lowest BCUT2D eigenvalue weighted by Gasteiger charge is -2.19. The molecule has 0 heterocycles. The molecule has 5 rings (SSSR count). The summed E-state index contributed by atoms with van der Waals surface area (Å²) in [6.45, 7) is 0. The van der Waals surface area contributed by atoms with Gasteiger partial charge in [0.1, 0.15) is 10.1 Å². The molecule has 0 saturated heterocycles. The van der Waals surface area contributed by atoms with Gasteiger partial charge < -0.3 is 4.55 Å². The van der Waals surface area contributed by atoms with E-state index >= 15 is 0 Å². The third-order valence-electron chi connectivity index (χ3n) is 5.45. The largest absolute Gasteiger partial charge is 0.744 e. The normalized spacial score (nSPS) is 10.9. The molecule has 0 aromatic heterocycles. The minimum atomic E-state index is -4.42. The van der Waals surface area contributed by atoms with E-state index in [1.165, 1.54) is 19.3 Å². The molecule has 0 aliphatic rings. The van der Waals surface area contributed by atoms with Crippen LogP contribution in [0.1, 0.15) is 22.6 Å². The minimum Gasteiger partial charge on any atom is -0.744 e. The summed E-state index contributed by atoms with van der Waals surface area (Å²) in [4.78, 5) is -0.207. The Labute approximate surface area is 223 Å². The van der Waals surface area contributed by atoms with Gasteiger partial charge in [-0.2, -0.15) is 0 Å². The lowest BCUT2D eigenvalue weighted by Crippen LogP contribution is -3.61. The Balaban J connectivity index is 0.000000197. The van der Waals surface area contributed by atoms with E-state index in [9.17, 15) is 13.0 Å². The molecule has 0 fully saturated rings. The Morgan fingerprint density at radius 3 is 1.17 bits per heavy atom.